The van der Waals surface area contributed by atoms with Crippen LogP contribution in [0.4, 0.5) is 43.3 Å². The Bertz CT molecular complexity index is 3710. The van der Waals surface area contributed by atoms with Crippen LogP contribution in [-0.2, 0) is 16.1 Å². The molecule has 3 saturated heterocycles. The van der Waals surface area contributed by atoms with Gasteiger partial charge in [0.2, 0.25) is 0 Å². The van der Waals surface area contributed by atoms with E-state index >= 15 is 4.39 Å². The summed E-state index contributed by atoms with van der Waals surface area (Å²) in [6.45, 7) is 7.88. The number of aliphatic hydroxyl groups is 3. The summed E-state index contributed by atoms with van der Waals surface area (Å²) in [5, 5.41) is 33.2. The molecule has 0 radical (unpaired) electrons. The standard InChI is InChI=1S/C26H37FN4O2.C25H35FN4O.C24H30N4O2S/c1-30(15-16-32)19-7-8-22-21(17-19)24(29-25(28-22)26(27)11-12-26)31-13-9-18(10-14-31)20-5-3-4-6-23(20)33-2;1-29(15-16-31)20-7-8-22-21(17-20)23(28-24(27-22)25(26)11-12-25)30-13-9-19(10-14-30)18-5-3-2-4-6-18;1-27(12-13-29)18-5-6-20-19(15-18)24(26-23(25-20)17-3-4-17)28-10-7-16(8-11-28)22-21(30-2)9-14-31-22/h7-8,17-18,20,23,32H,3-6,9-16H2,1-2H3;7-8,17-19,31H,2-6,9-16H2,1H3;5-6,9,14-17,29H,3-4,7-8,10-13H2,1-2H3. The number of aromatic nitrogens is 6. The van der Waals surface area contributed by atoms with E-state index in [2.05, 4.69) is 71.3 Å². The van der Waals surface area contributed by atoms with Gasteiger partial charge in [-0.3, -0.25) is 0 Å². The number of fused-ring (bicyclic) bond motifs is 3. The van der Waals surface area contributed by atoms with E-state index in [1.54, 1.807) is 7.11 Å². The van der Waals surface area contributed by atoms with E-state index in [0.717, 1.165) is 156 Å². The van der Waals surface area contributed by atoms with Crippen molar-refractivity contribution in [2.75, 3.05) is 143 Å². The summed E-state index contributed by atoms with van der Waals surface area (Å²) in [4.78, 5) is 43.5. The second-order valence-corrected chi connectivity index (χ2v) is 29.7. The number of piperidine rings is 3. The highest BCUT2D eigenvalue weighted by Gasteiger charge is 2.50. The van der Waals surface area contributed by atoms with E-state index in [1.807, 2.05) is 73.7 Å². The molecule has 7 aromatic rings. The van der Waals surface area contributed by atoms with Gasteiger partial charge >= 0.3 is 0 Å². The third-order valence-corrected chi connectivity index (χ3v) is 23.5. The monoisotopic (exact) mass is 1320 g/mol. The number of rotatable bonds is 20. The zero-order chi connectivity index (χ0) is 65.8. The molecule has 512 valence electrons. The summed E-state index contributed by atoms with van der Waals surface area (Å²) < 4.78 is 41.4. The van der Waals surface area contributed by atoms with Crippen LogP contribution >= 0.6 is 11.3 Å². The maximum atomic E-state index is 15.0. The number of methoxy groups -OCH3 is 2. The summed E-state index contributed by atoms with van der Waals surface area (Å²) in [5.41, 5.74) is 3.07. The molecule has 7 heterocycles. The molecule has 8 fully saturated rings. The number of halogens is 2. The van der Waals surface area contributed by atoms with Gasteiger partial charge in [-0.25, -0.2) is 38.7 Å². The van der Waals surface area contributed by atoms with E-state index in [1.165, 1.54) is 88.3 Å². The Morgan fingerprint density at radius 2 is 0.916 bits per heavy atom. The van der Waals surface area contributed by atoms with E-state index in [4.69, 9.17) is 29.4 Å². The molecule has 0 spiro atoms. The number of likely N-dealkylation sites (N-methyl/N-ethyl adjacent to an activating group) is 3. The Hall–Kier alpha value is -6.32. The van der Waals surface area contributed by atoms with Gasteiger partial charge in [0, 0.05) is 137 Å². The third kappa shape index (κ3) is 15.2. The summed E-state index contributed by atoms with van der Waals surface area (Å²) in [6, 6.07) is 20.6. The summed E-state index contributed by atoms with van der Waals surface area (Å²) in [7, 11) is 9.58. The molecular weight excluding hydrogens is 1220 g/mol. The first kappa shape index (κ1) is 67.3. The molecule has 5 aliphatic carbocycles. The highest BCUT2D eigenvalue weighted by atomic mass is 32.1. The van der Waals surface area contributed by atoms with Gasteiger partial charge in [-0.15, -0.1) is 11.3 Å². The Morgan fingerprint density at radius 3 is 1.37 bits per heavy atom. The molecule has 5 saturated carbocycles. The van der Waals surface area contributed by atoms with E-state index in [9.17, 15) is 19.7 Å². The van der Waals surface area contributed by atoms with E-state index in [-0.39, 0.29) is 19.8 Å². The first-order chi connectivity index (χ1) is 46.3. The molecule has 20 heteroatoms. The first-order valence-electron chi connectivity index (χ1n) is 36.0. The average molecular weight is 1320 g/mol. The number of ether oxygens (including phenoxy) is 2. The predicted molar refractivity (Wildman–Crippen MR) is 380 cm³/mol. The van der Waals surface area contributed by atoms with E-state index < -0.39 is 11.3 Å². The highest BCUT2D eigenvalue weighted by Crippen LogP contribution is 2.51. The van der Waals surface area contributed by atoms with Crippen LogP contribution < -0.4 is 34.1 Å². The van der Waals surface area contributed by atoms with Crippen molar-refractivity contribution >= 4 is 78.6 Å². The largest absolute Gasteiger partial charge is 0.496 e. The fraction of sp³-hybridized carbons (Fsp3) is 0.627. The van der Waals surface area contributed by atoms with Crippen molar-refractivity contribution in [3.8, 4) is 5.75 Å². The molecule has 2 atom stereocenters. The van der Waals surface area contributed by atoms with Crippen molar-refractivity contribution in [1.29, 1.82) is 0 Å². The lowest BCUT2D eigenvalue weighted by Gasteiger charge is -2.41. The van der Waals surface area contributed by atoms with Crippen LogP contribution in [0.2, 0.25) is 0 Å². The second kappa shape index (κ2) is 29.8. The van der Waals surface area contributed by atoms with Gasteiger partial charge in [0.1, 0.15) is 29.0 Å². The van der Waals surface area contributed by atoms with Gasteiger partial charge in [-0.05, 0) is 180 Å². The summed E-state index contributed by atoms with van der Waals surface area (Å²) in [6.07, 6.45) is 23.8. The van der Waals surface area contributed by atoms with Crippen molar-refractivity contribution in [1.82, 2.24) is 29.9 Å². The zero-order valence-corrected chi connectivity index (χ0v) is 57.7. The highest BCUT2D eigenvalue weighted by molar-refractivity contribution is 7.10. The minimum Gasteiger partial charge on any atom is -0.496 e. The molecule has 0 amide bonds. The van der Waals surface area contributed by atoms with Crippen LogP contribution in [0.3, 0.4) is 0 Å². The zero-order valence-electron chi connectivity index (χ0n) is 56.9. The normalized spacial score (nSPS) is 21.7. The number of nitrogens with zero attached hydrogens (tertiary/aromatic N) is 12. The fourth-order valence-electron chi connectivity index (χ4n) is 16.0. The number of hydrogen-bond donors (Lipinski definition) is 3. The van der Waals surface area contributed by atoms with Gasteiger partial charge in [0.25, 0.3) is 0 Å². The SMILES string of the molecule is CN(CCO)c1ccc2nc(C3(F)CC3)nc(N3CCC(C4CCCCC4)CC3)c2c1.COC1CCCCC1C1CCN(c2nc(C3(F)CC3)nc3ccc(N(C)CCO)cc23)CC1.COc1ccsc1C1CCN(c2nc(C3CC3)nc3ccc(N(C)CCO)cc23)CC1. The number of anilines is 6. The second-order valence-electron chi connectivity index (χ2n) is 28.8. The van der Waals surface area contributed by atoms with Crippen LogP contribution in [-0.4, -0.2) is 165 Å². The smallest absolute Gasteiger partial charge is 0.170 e. The molecule has 2 unspecified atom stereocenters. The third-order valence-electron chi connectivity index (χ3n) is 22.4. The number of alkyl halides is 2. The molecule has 17 nitrogen and oxygen atoms in total. The molecule has 3 aliphatic heterocycles. The molecule has 95 heavy (non-hydrogen) atoms. The Kier molecular flexibility index (Phi) is 21.1. The fourth-order valence-corrected chi connectivity index (χ4v) is 17.0. The quantitative estimate of drug-likeness (QED) is 0.0656. The lowest BCUT2D eigenvalue weighted by molar-refractivity contribution is -0.00632. The van der Waals surface area contributed by atoms with Crippen molar-refractivity contribution in [3.63, 3.8) is 0 Å². The van der Waals surface area contributed by atoms with Gasteiger partial charge in [-0.1, -0.05) is 44.9 Å². The van der Waals surface area contributed by atoms with Crippen LogP contribution in [0.5, 0.6) is 5.75 Å². The van der Waals surface area contributed by atoms with Crippen molar-refractivity contribution in [2.45, 2.75) is 164 Å². The van der Waals surface area contributed by atoms with Crippen molar-refractivity contribution in [3.05, 3.63) is 88.4 Å². The van der Waals surface area contributed by atoms with Crippen molar-refractivity contribution in [2.24, 2.45) is 23.7 Å². The van der Waals surface area contributed by atoms with Crippen LogP contribution in [0.15, 0.2) is 66.0 Å². The van der Waals surface area contributed by atoms with E-state index in [0.29, 0.717) is 86.7 Å². The van der Waals surface area contributed by atoms with Crippen LogP contribution in [0.25, 0.3) is 32.7 Å². The molecule has 3 N–H and O–H groups in total. The Labute approximate surface area is 564 Å². The molecule has 15 rings (SSSR count). The Balaban J connectivity index is 0.000000129. The van der Waals surface area contributed by atoms with Gasteiger partial charge in [0.15, 0.2) is 23.0 Å². The molecule has 3 aromatic carbocycles. The van der Waals surface area contributed by atoms with Gasteiger partial charge in [-0.2, -0.15) is 0 Å². The maximum Gasteiger partial charge on any atom is 0.170 e. The minimum atomic E-state index is -1.36. The molecular formula is C75H102F2N12O5S. The average Bonchev–Trinajstić information content (AvgIpc) is 1.71. The topological polar surface area (TPSA) is 176 Å². The predicted octanol–water partition coefficient (Wildman–Crippen LogP) is 13.6. The minimum absolute atomic E-state index is 0.0956. The summed E-state index contributed by atoms with van der Waals surface area (Å²) >= 11 is 1.81. The van der Waals surface area contributed by atoms with Crippen LogP contribution in [0.1, 0.15) is 169 Å². The van der Waals surface area contributed by atoms with Gasteiger partial charge < -0.3 is 54.2 Å². The number of thiophene rings is 1. The number of hydrogen-bond acceptors (Lipinski definition) is 18. The number of aliphatic hydroxyl groups excluding tert-OH is 3. The van der Waals surface area contributed by atoms with Gasteiger partial charge in [0.05, 0.1) is 49.6 Å². The lowest BCUT2D eigenvalue weighted by atomic mass is 9.74. The van der Waals surface area contributed by atoms with Crippen molar-refractivity contribution < 1.29 is 33.6 Å². The molecule has 0 bridgehead atoms. The van der Waals surface area contributed by atoms with Crippen LogP contribution in [0, 0.1) is 23.7 Å². The maximum absolute atomic E-state index is 15.0. The summed E-state index contributed by atoms with van der Waals surface area (Å²) in [5.74, 6) is 9.70. The lowest BCUT2D eigenvalue weighted by Crippen LogP contribution is -2.41. The molecule has 8 aliphatic rings. The molecule has 4 aromatic heterocycles. The first-order valence-corrected chi connectivity index (χ1v) is 36.8. The number of benzene rings is 3. The Morgan fingerprint density at radius 1 is 0.484 bits per heavy atom.